The topological polar surface area (TPSA) is 84.2 Å². The molecule has 0 bridgehead atoms. The minimum atomic E-state index is -0.471. The first-order valence-corrected chi connectivity index (χ1v) is 11.9. The maximum atomic E-state index is 13.0. The van der Waals surface area contributed by atoms with Crippen molar-refractivity contribution in [3.8, 4) is 23.0 Å². The highest BCUT2D eigenvalue weighted by Crippen LogP contribution is 2.35. The number of hydrogen-bond acceptors (Lipinski definition) is 8. The highest BCUT2D eigenvalue weighted by atomic mass is 32.1. The highest BCUT2D eigenvalue weighted by molar-refractivity contribution is 7.15. The highest BCUT2D eigenvalue weighted by Gasteiger charge is 2.27. The summed E-state index contributed by atoms with van der Waals surface area (Å²) in [5.41, 5.74) is 0.600. The number of nitrogens with zero attached hydrogens (tertiary/aromatic N) is 3. The van der Waals surface area contributed by atoms with Gasteiger partial charge in [0.25, 0.3) is 5.56 Å². The van der Waals surface area contributed by atoms with Crippen molar-refractivity contribution >= 4 is 22.4 Å². The van der Waals surface area contributed by atoms with Crippen molar-refractivity contribution < 1.29 is 18.9 Å². The maximum Gasteiger partial charge on any atom is 0.291 e. The summed E-state index contributed by atoms with van der Waals surface area (Å²) in [6.45, 7) is 5.22. The fraction of sp³-hybridized carbons (Fsp3) is 0.320. The van der Waals surface area contributed by atoms with Gasteiger partial charge in [-0.1, -0.05) is 43.4 Å². The van der Waals surface area contributed by atoms with Crippen molar-refractivity contribution in [3.63, 3.8) is 0 Å². The van der Waals surface area contributed by atoms with Crippen LogP contribution in [0.15, 0.2) is 47.3 Å². The Balaban J connectivity index is 1.38. The van der Waals surface area contributed by atoms with Crippen molar-refractivity contribution in [1.82, 2.24) is 14.6 Å². The molecule has 1 aliphatic rings. The van der Waals surface area contributed by atoms with Gasteiger partial charge in [0.05, 0.1) is 18.2 Å². The van der Waals surface area contributed by atoms with Crippen LogP contribution in [-0.2, 0) is 0 Å². The van der Waals surface area contributed by atoms with E-state index in [2.05, 4.69) is 23.9 Å². The molecule has 0 fully saturated rings. The molecule has 2 aromatic heterocycles. The molecule has 9 heteroatoms. The van der Waals surface area contributed by atoms with Crippen molar-refractivity contribution in [3.05, 3.63) is 68.7 Å². The Morgan fingerprint density at radius 1 is 1.21 bits per heavy atom. The summed E-state index contributed by atoms with van der Waals surface area (Å²) >= 11 is 1.28. The molecule has 4 aromatic rings. The molecule has 1 atom stereocenters. The van der Waals surface area contributed by atoms with Crippen LogP contribution in [-0.4, -0.2) is 34.9 Å². The van der Waals surface area contributed by atoms with E-state index < -0.39 is 6.10 Å². The van der Waals surface area contributed by atoms with E-state index in [1.54, 1.807) is 13.2 Å². The molecular formula is C25H25N3O5S. The molecule has 0 radical (unpaired) electrons. The number of rotatable bonds is 7. The number of aromatic nitrogens is 3. The fourth-order valence-corrected chi connectivity index (χ4v) is 4.50. The van der Waals surface area contributed by atoms with Crippen molar-refractivity contribution in [2.75, 3.05) is 20.3 Å². The Morgan fingerprint density at radius 2 is 2.03 bits per heavy atom. The molecule has 0 saturated carbocycles. The van der Waals surface area contributed by atoms with Gasteiger partial charge < -0.3 is 18.9 Å². The first-order chi connectivity index (χ1) is 16.5. The van der Waals surface area contributed by atoms with E-state index in [0.29, 0.717) is 50.8 Å². The third kappa shape index (κ3) is 4.43. The van der Waals surface area contributed by atoms with Crippen molar-refractivity contribution in [2.45, 2.75) is 26.4 Å². The number of hydrogen-bond donors (Lipinski definition) is 0. The third-order valence-electron chi connectivity index (χ3n) is 5.43. The Hall–Kier alpha value is -3.59. The minimum Gasteiger partial charge on any atom is -0.493 e. The second-order valence-electron chi connectivity index (χ2n) is 8.39. The number of para-hydroxylation sites is 2. The van der Waals surface area contributed by atoms with Gasteiger partial charge in [-0.15, -0.1) is 5.10 Å². The van der Waals surface area contributed by atoms with E-state index in [1.165, 1.54) is 15.9 Å². The lowest BCUT2D eigenvalue weighted by atomic mass is 10.1. The summed E-state index contributed by atoms with van der Waals surface area (Å²) in [4.78, 5) is 18.0. The Labute approximate surface area is 200 Å². The molecule has 0 amide bonds. The van der Waals surface area contributed by atoms with E-state index >= 15 is 0 Å². The van der Waals surface area contributed by atoms with Crippen LogP contribution in [0.4, 0.5) is 0 Å². The predicted octanol–water partition coefficient (Wildman–Crippen LogP) is 3.64. The summed E-state index contributed by atoms with van der Waals surface area (Å²) in [6.07, 6.45) is 2.30. The number of benzene rings is 2. The number of methoxy groups -OCH3 is 1. The van der Waals surface area contributed by atoms with Gasteiger partial charge in [0.15, 0.2) is 34.9 Å². The first-order valence-electron chi connectivity index (χ1n) is 11.1. The van der Waals surface area contributed by atoms with E-state index in [9.17, 15) is 4.79 Å². The van der Waals surface area contributed by atoms with Crippen molar-refractivity contribution in [1.29, 1.82) is 0 Å². The molecule has 8 nitrogen and oxygen atoms in total. The summed E-state index contributed by atoms with van der Waals surface area (Å²) in [7, 11) is 1.60. The van der Waals surface area contributed by atoms with Gasteiger partial charge in [0, 0.05) is 0 Å². The zero-order valence-electron chi connectivity index (χ0n) is 19.2. The largest absolute Gasteiger partial charge is 0.493 e. The number of ether oxygens (including phenoxy) is 4. The molecule has 1 aliphatic heterocycles. The van der Waals surface area contributed by atoms with Crippen LogP contribution in [0.1, 0.15) is 37.8 Å². The van der Waals surface area contributed by atoms with E-state index in [4.69, 9.17) is 18.9 Å². The molecule has 0 saturated heterocycles. The standard InChI is InChI=1S/C25H25N3O5S/c1-15(2)10-11-31-18-9-8-16(12-20(18)30-3)13-22-24(29)28-25(34-22)26-23(27-28)21-14-32-17-6-4-5-7-19(17)33-21/h4-9,12-13,15,21H,10-11,14H2,1-3H3/b22-13+. The lowest BCUT2D eigenvalue weighted by Gasteiger charge is -2.24. The molecule has 2 aromatic carbocycles. The average molecular weight is 480 g/mol. The number of fused-ring (bicyclic) bond motifs is 2. The molecule has 3 heterocycles. The summed E-state index contributed by atoms with van der Waals surface area (Å²) in [5, 5.41) is 4.40. The zero-order valence-corrected chi connectivity index (χ0v) is 20.0. The van der Waals surface area contributed by atoms with Crippen molar-refractivity contribution in [2.24, 2.45) is 5.92 Å². The third-order valence-corrected chi connectivity index (χ3v) is 6.39. The van der Waals surface area contributed by atoms with Crippen LogP contribution in [0.5, 0.6) is 23.0 Å². The van der Waals surface area contributed by atoms with Gasteiger partial charge >= 0.3 is 0 Å². The maximum absolute atomic E-state index is 13.0. The van der Waals surface area contributed by atoms with Gasteiger partial charge in [-0.2, -0.15) is 9.50 Å². The first kappa shape index (κ1) is 22.2. The second-order valence-corrected chi connectivity index (χ2v) is 9.39. The lowest BCUT2D eigenvalue weighted by Crippen LogP contribution is -2.26. The minimum absolute atomic E-state index is 0.230. The smallest absolute Gasteiger partial charge is 0.291 e. The van der Waals surface area contributed by atoms with Gasteiger partial charge in [0.2, 0.25) is 4.96 Å². The van der Waals surface area contributed by atoms with Gasteiger partial charge in [-0.3, -0.25) is 4.79 Å². The summed E-state index contributed by atoms with van der Waals surface area (Å²) < 4.78 is 24.9. The SMILES string of the molecule is COc1cc(/C=c2/sc3nc(C4COc5ccccc5O4)nn3c2=O)ccc1OCCC(C)C. The average Bonchev–Trinajstić information content (AvgIpc) is 3.38. The zero-order chi connectivity index (χ0) is 23.7. The Kier molecular flexibility index (Phi) is 6.10. The normalized spacial score (nSPS) is 15.8. The van der Waals surface area contributed by atoms with Crippen LogP contribution >= 0.6 is 11.3 Å². The van der Waals surface area contributed by atoms with Crippen LogP contribution in [0.25, 0.3) is 11.0 Å². The lowest BCUT2D eigenvalue weighted by molar-refractivity contribution is 0.0852. The van der Waals surface area contributed by atoms with E-state index in [1.807, 2.05) is 42.5 Å². The molecular weight excluding hydrogens is 454 g/mol. The molecule has 0 N–H and O–H groups in total. The quantitative estimate of drug-likeness (QED) is 0.400. The molecule has 1 unspecified atom stereocenters. The summed E-state index contributed by atoms with van der Waals surface area (Å²) in [5.74, 6) is 3.63. The predicted molar refractivity (Wildman–Crippen MR) is 129 cm³/mol. The monoisotopic (exact) mass is 479 g/mol. The molecule has 5 rings (SSSR count). The number of thiazole rings is 1. The molecule has 34 heavy (non-hydrogen) atoms. The van der Waals surface area contributed by atoms with Crippen LogP contribution in [0, 0.1) is 5.92 Å². The second kappa shape index (κ2) is 9.34. The molecule has 0 spiro atoms. The molecule has 0 aliphatic carbocycles. The van der Waals surface area contributed by atoms with E-state index in [0.717, 1.165) is 12.0 Å². The Morgan fingerprint density at radius 3 is 2.79 bits per heavy atom. The van der Waals surface area contributed by atoms with E-state index in [-0.39, 0.29) is 12.2 Å². The fourth-order valence-electron chi connectivity index (χ4n) is 3.58. The van der Waals surface area contributed by atoms with Crippen LogP contribution in [0.2, 0.25) is 0 Å². The Bertz CT molecular complexity index is 1430. The van der Waals surface area contributed by atoms with Crippen LogP contribution in [0.3, 0.4) is 0 Å². The van der Waals surface area contributed by atoms with Gasteiger partial charge in [-0.05, 0) is 48.2 Å². The molecule has 176 valence electrons. The summed E-state index contributed by atoms with van der Waals surface area (Å²) in [6, 6.07) is 13.1. The van der Waals surface area contributed by atoms with Crippen LogP contribution < -0.4 is 29.0 Å². The van der Waals surface area contributed by atoms with Gasteiger partial charge in [0.1, 0.15) is 6.61 Å². The van der Waals surface area contributed by atoms with Gasteiger partial charge in [-0.25, -0.2) is 0 Å².